The fourth-order valence-electron chi connectivity index (χ4n) is 4.00. The van der Waals surface area contributed by atoms with Crippen molar-refractivity contribution < 1.29 is 16.8 Å². The van der Waals surface area contributed by atoms with Gasteiger partial charge in [0.2, 0.25) is 0 Å². The molecule has 8 nitrogen and oxygen atoms in total. The molecule has 0 aromatic rings. The van der Waals surface area contributed by atoms with E-state index in [0.717, 1.165) is 51.4 Å². The first-order valence-corrected chi connectivity index (χ1v) is 12.7. The molecule has 0 amide bonds. The Morgan fingerprint density at radius 2 is 0.577 bits per heavy atom. The van der Waals surface area contributed by atoms with Gasteiger partial charge in [0.1, 0.15) is 0 Å². The predicted molar refractivity (Wildman–Crippen MR) is 101 cm³/mol. The van der Waals surface area contributed by atoms with Gasteiger partial charge in [0, 0.05) is 52.4 Å². The number of rotatable bonds is 4. The average molecular weight is 409 g/mol. The van der Waals surface area contributed by atoms with Gasteiger partial charge in [-0.3, -0.25) is 0 Å². The summed E-state index contributed by atoms with van der Waals surface area (Å²) in [4.78, 5) is 0. The summed E-state index contributed by atoms with van der Waals surface area (Å²) in [7, 11) is -6.95. The predicted octanol–water partition coefficient (Wildman–Crippen LogP) is 0.846. The molecule has 3 rings (SSSR count). The summed E-state index contributed by atoms with van der Waals surface area (Å²) in [5, 5.41) is 0. The van der Waals surface area contributed by atoms with Crippen LogP contribution in [0.25, 0.3) is 0 Å². The van der Waals surface area contributed by atoms with E-state index in [9.17, 15) is 16.8 Å². The van der Waals surface area contributed by atoms with Gasteiger partial charge in [0.15, 0.2) is 0 Å². The molecule has 3 aliphatic heterocycles. The molecule has 0 aliphatic carbocycles. The largest absolute Gasteiger partial charge is 0.282 e. The Kier molecular flexibility index (Phi) is 6.95. The SMILES string of the molecule is O=S(=O)(N1CCCCCC1)N1CCN(S(=O)(=O)N2CCCCCC2)CC1. The van der Waals surface area contributed by atoms with Crippen LogP contribution in [0.3, 0.4) is 0 Å². The molecule has 0 N–H and O–H groups in total. The van der Waals surface area contributed by atoms with Gasteiger partial charge >= 0.3 is 0 Å². The van der Waals surface area contributed by atoms with Gasteiger partial charge in [-0.15, -0.1) is 0 Å². The molecule has 26 heavy (non-hydrogen) atoms. The molecular weight excluding hydrogens is 376 g/mol. The molecule has 3 fully saturated rings. The van der Waals surface area contributed by atoms with Crippen molar-refractivity contribution >= 4 is 20.4 Å². The Hall–Kier alpha value is -0.260. The second-order valence-corrected chi connectivity index (χ2v) is 11.3. The van der Waals surface area contributed by atoms with Crippen LogP contribution in [0.1, 0.15) is 51.4 Å². The minimum Gasteiger partial charge on any atom is -0.195 e. The standard InChI is InChI=1S/C16H32N4O4S2/c21-25(22,17-9-5-1-2-6-10-17)19-13-15-20(16-14-19)26(23,24)18-11-7-3-4-8-12-18/h1-16H2. The molecule has 0 aromatic heterocycles. The van der Waals surface area contributed by atoms with E-state index >= 15 is 0 Å². The van der Waals surface area contributed by atoms with Crippen molar-refractivity contribution in [2.75, 3.05) is 52.4 Å². The van der Waals surface area contributed by atoms with Crippen LogP contribution in [0, 0.1) is 0 Å². The van der Waals surface area contributed by atoms with Gasteiger partial charge in [-0.05, 0) is 25.7 Å². The molecule has 0 unspecified atom stereocenters. The van der Waals surface area contributed by atoms with Crippen LogP contribution < -0.4 is 0 Å². The van der Waals surface area contributed by atoms with Crippen LogP contribution in [0.2, 0.25) is 0 Å². The lowest BCUT2D eigenvalue weighted by molar-refractivity contribution is 0.241. The van der Waals surface area contributed by atoms with Gasteiger partial charge in [0.05, 0.1) is 0 Å². The summed E-state index contributed by atoms with van der Waals surface area (Å²) in [5.41, 5.74) is 0. The zero-order valence-corrected chi connectivity index (χ0v) is 17.2. The molecule has 3 heterocycles. The smallest absolute Gasteiger partial charge is 0.195 e. The van der Waals surface area contributed by atoms with Crippen molar-refractivity contribution in [3.63, 3.8) is 0 Å². The second-order valence-electron chi connectivity index (χ2n) is 7.44. The van der Waals surface area contributed by atoms with Crippen LogP contribution in [-0.2, 0) is 20.4 Å². The Morgan fingerprint density at radius 3 is 0.846 bits per heavy atom. The lowest BCUT2D eigenvalue weighted by atomic mass is 10.2. The van der Waals surface area contributed by atoms with Gasteiger partial charge < -0.3 is 0 Å². The molecule has 0 radical (unpaired) electrons. The van der Waals surface area contributed by atoms with Crippen molar-refractivity contribution in [3.8, 4) is 0 Å². The van der Waals surface area contributed by atoms with Crippen LogP contribution in [0.5, 0.6) is 0 Å². The highest BCUT2D eigenvalue weighted by molar-refractivity contribution is 7.87. The van der Waals surface area contributed by atoms with E-state index < -0.39 is 20.4 Å². The minimum absolute atomic E-state index is 0.242. The molecule has 0 spiro atoms. The first kappa shape index (κ1) is 20.5. The lowest BCUT2D eigenvalue weighted by Crippen LogP contribution is -2.56. The molecule has 3 saturated heterocycles. The number of hydrogen-bond donors (Lipinski definition) is 0. The molecule has 3 aliphatic rings. The zero-order valence-electron chi connectivity index (χ0n) is 15.6. The van der Waals surface area contributed by atoms with Crippen LogP contribution in [-0.4, -0.2) is 86.4 Å². The van der Waals surface area contributed by atoms with E-state index in [1.165, 1.54) is 8.61 Å². The summed E-state index contributed by atoms with van der Waals surface area (Å²) in [5.74, 6) is 0. The molecule has 152 valence electrons. The summed E-state index contributed by atoms with van der Waals surface area (Å²) < 4.78 is 57.6. The quantitative estimate of drug-likeness (QED) is 0.690. The maximum absolute atomic E-state index is 12.9. The molecule has 0 saturated carbocycles. The minimum atomic E-state index is -3.48. The van der Waals surface area contributed by atoms with Gasteiger partial charge in [-0.25, -0.2) is 0 Å². The van der Waals surface area contributed by atoms with Crippen LogP contribution in [0.4, 0.5) is 0 Å². The number of hydrogen-bond acceptors (Lipinski definition) is 4. The summed E-state index contributed by atoms with van der Waals surface area (Å²) in [6.07, 6.45) is 7.93. The third-order valence-electron chi connectivity index (χ3n) is 5.63. The van der Waals surface area contributed by atoms with E-state index in [4.69, 9.17) is 0 Å². The Bertz CT molecular complexity index is 586. The summed E-state index contributed by atoms with van der Waals surface area (Å²) >= 11 is 0. The second kappa shape index (κ2) is 8.83. The highest BCUT2D eigenvalue weighted by Gasteiger charge is 2.37. The molecule has 0 aromatic carbocycles. The van der Waals surface area contributed by atoms with Crippen molar-refractivity contribution in [3.05, 3.63) is 0 Å². The fraction of sp³-hybridized carbons (Fsp3) is 1.00. The van der Waals surface area contributed by atoms with Crippen LogP contribution >= 0.6 is 0 Å². The van der Waals surface area contributed by atoms with Gasteiger partial charge in [0.25, 0.3) is 20.4 Å². The van der Waals surface area contributed by atoms with Crippen molar-refractivity contribution in [1.29, 1.82) is 0 Å². The average Bonchev–Trinajstić information content (AvgIpc) is 3.07. The Labute approximate surface area is 158 Å². The van der Waals surface area contributed by atoms with Crippen LogP contribution in [0.15, 0.2) is 0 Å². The van der Waals surface area contributed by atoms with E-state index in [0.29, 0.717) is 26.2 Å². The van der Waals surface area contributed by atoms with E-state index in [1.807, 2.05) is 0 Å². The highest BCUT2D eigenvalue weighted by atomic mass is 32.2. The third-order valence-corrected chi connectivity index (χ3v) is 9.70. The first-order chi connectivity index (χ1) is 12.4. The maximum Gasteiger partial charge on any atom is 0.282 e. The summed E-state index contributed by atoms with van der Waals surface area (Å²) in [6.45, 7) is 3.28. The summed E-state index contributed by atoms with van der Waals surface area (Å²) in [6, 6.07) is 0. The fourth-order valence-corrected chi connectivity index (χ4v) is 7.34. The molecule has 0 bridgehead atoms. The van der Waals surface area contributed by atoms with Gasteiger partial charge in [-0.2, -0.15) is 34.1 Å². The number of piperazine rings is 1. The number of nitrogens with zero attached hydrogens (tertiary/aromatic N) is 4. The van der Waals surface area contributed by atoms with E-state index in [2.05, 4.69) is 0 Å². The van der Waals surface area contributed by atoms with E-state index in [1.54, 1.807) is 8.61 Å². The molecule has 0 atom stereocenters. The van der Waals surface area contributed by atoms with Crippen molar-refractivity contribution in [2.45, 2.75) is 51.4 Å². The Morgan fingerprint density at radius 1 is 0.346 bits per heavy atom. The zero-order chi connectivity index (χ0) is 18.6. The normalized spacial score (nSPS) is 27.1. The monoisotopic (exact) mass is 408 g/mol. The van der Waals surface area contributed by atoms with E-state index in [-0.39, 0.29) is 26.2 Å². The highest BCUT2D eigenvalue weighted by Crippen LogP contribution is 2.21. The topological polar surface area (TPSA) is 81.2 Å². The lowest BCUT2D eigenvalue weighted by Gasteiger charge is -2.37. The first-order valence-electron chi connectivity index (χ1n) is 9.93. The third kappa shape index (κ3) is 4.59. The molecule has 10 heteroatoms. The molecular formula is C16H32N4O4S2. The maximum atomic E-state index is 12.9. The van der Waals surface area contributed by atoms with Gasteiger partial charge in [-0.1, -0.05) is 25.7 Å². The van der Waals surface area contributed by atoms with Crippen molar-refractivity contribution in [2.24, 2.45) is 0 Å². The van der Waals surface area contributed by atoms with Crippen molar-refractivity contribution in [1.82, 2.24) is 17.2 Å². The Balaban J connectivity index is 1.61.